The highest BCUT2D eigenvalue weighted by Crippen LogP contribution is 1.82. The van der Waals surface area contributed by atoms with E-state index in [1.54, 1.807) is 0 Å². The van der Waals surface area contributed by atoms with Crippen molar-refractivity contribution in [3.8, 4) is 0 Å². The molecule has 0 bridgehead atoms. The molecule has 0 aromatic rings. The average Bonchev–Trinajstić information content (AvgIpc) is 1.67. The Bertz CT molecular complexity index is 86.6. The summed E-state index contributed by atoms with van der Waals surface area (Å²) in [5, 5.41) is 8.07. The standard InChI is InChI=1S/C3H7NO3S/c4-2(1-7-8)3(5)6/h2,8H,1,4H2,(H,5,6). The Morgan fingerprint density at radius 3 is 2.62 bits per heavy atom. The molecule has 0 aromatic carbocycles. The summed E-state index contributed by atoms with van der Waals surface area (Å²) >= 11 is 3.31. The molecule has 4 nitrogen and oxygen atoms in total. The number of carbonyl (C=O) groups is 1. The zero-order valence-electron chi connectivity index (χ0n) is 4.07. The summed E-state index contributed by atoms with van der Waals surface area (Å²) in [6, 6.07) is -0.965. The molecular formula is C3H7NO3S. The van der Waals surface area contributed by atoms with E-state index < -0.39 is 12.0 Å². The highest BCUT2D eigenvalue weighted by atomic mass is 32.1. The van der Waals surface area contributed by atoms with Gasteiger partial charge in [-0.05, 0) is 12.9 Å². The summed E-state index contributed by atoms with van der Waals surface area (Å²) in [7, 11) is 0. The molecule has 0 aliphatic heterocycles. The van der Waals surface area contributed by atoms with E-state index in [0.717, 1.165) is 0 Å². The predicted octanol–water partition coefficient (Wildman–Crippen LogP) is -0.740. The fourth-order valence-corrected chi connectivity index (χ4v) is 0.312. The van der Waals surface area contributed by atoms with Crippen LogP contribution in [0.1, 0.15) is 0 Å². The number of nitrogens with two attached hydrogens (primary N) is 1. The van der Waals surface area contributed by atoms with Gasteiger partial charge in [-0.15, -0.1) is 0 Å². The molecule has 0 saturated heterocycles. The van der Waals surface area contributed by atoms with Gasteiger partial charge >= 0.3 is 5.97 Å². The third kappa shape index (κ3) is 2.84. The van der Waals surface area contributed by atoms with Crippen molar-refractivity contribution >= 4 is 18.9 Å². The van der Waals surface area contributed by atoms with Crippen molar-refractivity contribution in [1.29, 1.82) is 0 Å². The van der Waals surface area contributed by atoms with Gasteiger partial charge in [0.25, 0.3) is 0 Å². The highest BCUT2D eigenvalue weighted by Gasteiger charge is 2.09. The first-order valence-electron chi connectivity index (χ1n) is 1.93. The van der Waals surface area contributed by atoms with Crippen LogP contribution in [0.25, 0.3) is 0 Å². The zero-order valence-corrected chi connectivity index (χ0v) is 4.97. The molecule has 3 N–H and O–H groups in total. The molecule has 0 aliphatic carbocycles. The summed E-state index contributed by atoms with van der Waals surface area (Å²) in [5.41, 5.74) is 4.95. The highest BCUT2D eigenvalue weighted by molar-refractivity contribution is 7.75. The SMILES string of the molecule is NC(COS)C(=O)O. The van der Waals surface area contributed by atoms with Crippen LogP contribution in [-0.4, -0.2) is 23.7 Å². The first-order valence-corrected chi connectivity index (χ1v) is 2.29. The smallest absolute Gasteiger partial charge is 0.322 e. The molecule has 1 unspecified atom stereocenters. The fraction of sp³-hybridized carbons (Fsp3) is 0.667. The molecule has 0 amide bonds. The Hall–Kier alpha value is -0.260. The molecule has 0 saturated carbocycles. The largest absolute Gasteiger partial charge is 0.480 e. The monoisotopic (exact) mass is 137 g/mol. The molecule has 0 heterocycles. The molecule has 0 aliphatic rings. The lowest BCUT2D eigenvalue weighted by atomic mass is 10.3. The molecule has 0 radical (unpaired) electrons. The number of rotatable bonds is 3. The number of thiol groups is 1. The zero-order chi connectivity index (χ0) is 6.57. The van der Waals surface area contributed by atoms with Crippen LogP contribution in [0.2, 0.25) is 0 Å². The third-order valence-electron chi connectivity index (χ3n) is 0.571. The Labute approximate surface area is 52.2 Å². The second-order valence-electron chi connectivity index (χ2n) is 1.24. The number of carboxylic acids is 1. The van der Waals surface area contributed by atoms with E-state index in [1.165, 1.54) is 0 Å². The van der Waals surface area contributed by atoms with E-state index in [9.17, 15) is 4.79 Å². The van der Waals surface area contributed by atoms with E-state index >= 15 is 0 Å². The Morgan fingerprint density at radius 2 is 2.50 bits per heavy atom. The van der Waals surface area contributed by atoms with Crippen molar-refractivity contribution < 1.29 is 14.1 Å². The van der Waals surface area contributed by atoms with Crippen molar-refractivity contribution in [2.24, 2.45) is 5.73 Å². The van der Waals surface area contributed by atoms with E-state index in [2.05, 4.69) is 17.1 Å². The molecule has 0 spiro atoms. The summed E-state index contributed by atoms with van der Waals surface area (Å²) in [5.74, 6) is -1.08. The van der Waals surface area contributed by atoms with Crippen molar-refractivity contribution in [2.75, 3.05) is 6.61 Å². The third-order valence-corrected chi connectivity index (χ3v) is 0.720. The van der Waals surface area contributed by atoms with Crippen LogP contribution >= 0.6 is 12.9 Å². The van der Waals surface area contributed by atoms with Gasteiger partial charge in [-0.25, -0.2) is 0 Å². The van der Waals surface area contributed by atoms with Crippen LogP contribution in [0.3, 0.4) is 0 Å². The lowest BCUT2D eigenvalue weighted by molar-refractivity contribution is -0.139. The van der Waals surface area contributed by atoms with Gasteiger partial charge in [0.1, 0.15) is 6.04 Å². The van der Waals surface area contributed by atoms with Crippen molar-refractivity contribution in [3.05, 3.63) is 0 Å². The van der Waals surface area contributed by atoms with E-state index in [-0.39, 0.29) is 6.61 Å². The second-order valence-corrected chi connectivity index (χ2v) is 1.50. The summed E-state index contributed by atoms with van der Waals surface area (Å²) in [4.78, 5) is 9.85. The minimum absolute atomic E-state index is 0.0710. The average molecular weight is 137 g/mol. The van der Waals surface area contributed by atoms with Crippen LogP contribution in [0.15, 0.2) is 0 Å². The van der Waals surface area contributed by atoms with Crippen LogP contribution < -0.4 is 5.73 Å². The van der Waals surface area contributed by atoms with Gasteiger partial charge in [0.05, 0.1) is 6.61 Å². The van der Waals surface area contributed by atoms with Crippen LogP contribution in [0.5, 0.6) is 0 Å². The number of aliphatic carboxylic acids is 1. The van der Waals surface area contributed by atoms with E-state index in [4.69, 9.17) is 10.8 Å². The fourth-order valence-electron chi connectivity index (χ4n) is 0.152. The summed E-state index contributed by atoms with van der Waals surface area (Å²) in [6.45, 7) is -0.0710. The molecular weight excluding hydrogens is 130 g/mol. The molecule has 0 rings (SSSR count). The maximum Gasteiger partial charge on any atom is 0.322 e. The minimum Gasteiger partial charge on any atom is -0.480 e. The van der Waals surface area contributed by atoms with Crippen molar-refractivity contribution in [2.45, 2.75) is 6.04 Å². The maximum absolute atomic E-state index is 9.85. The molecule has 0 fully saturated rings. The molecule has 0 aromatic heterocycles. The molecule has 8 heavy (non-hydrogen) atoms. The normalized spacial score (nSPS) is 13.2. The van der Waals surface area contributed by atoms with Crippen molar-refractivity contribution in [3.63, 3.8) is 0 Å². The topological polar surface area (TPSA) is 72.5 Å². The van der Waals surface area contributed by atoms with Gasteiger partial charge in [0.15, 0.2) is 0 Å². The van der Waals surface area contributed by atoms with Crippen LogP contribution in [-0.2, 0) is 8.98 Å². The predicted molar refractivity (Wildman–Crippen MR) is 30.5 cm³/mol. The second kappa shape index (κ2) is 3.71. The van der Waals surface area contributed by atoms with E-state index in [0.29, 0.717) is 0 Å². The molecule has 5 heteroatoms. The van der Waals surface area contributed by atoms with Crippen molar-refractivity contribution in [1.82, 2.24) is 0 Å². The van der Waals surface area contributed by atoms with Crippen LogP contribution in [0, 0.1) is 0 Å². The lowest BCUT2D eigenvalue weighted by Crippen LogP contribution is -2.33. The van der Waals surface area contributed by atoms with Gasteiger partial charge in [-0.2, -0.15) is 0 Å². The number of hydrogen-bond acceptors (Lipinski definition) is 4. The minimum atomic E-state index is -1.08. The van der Waals surface area contributed by atoms with E-state index in [1.807, 2.05) is 0 Å². The number of hydrogen-bond donors (Lipinski definition) is 3. The Morgan fingerprint density at radius 1 is 2.00 bits per heavy atom. The van der Waals surface area contributed by atoms with Gasteiger partial charge in [0.2, 0.25) is 0 Å². The summed E-state index contributed by atoms with van der Waals surface area (Å²) in [6.07, 6.45) is 0. The van der Waals surface area contributed by atoms with Crippen LogP contribution in [0.4, 0.5) is 0 Å². The summed E-state index contributed by atoms with van der Waals surface area (Å²) < 4.78 is 4.15. The van der Waals surface area contributed by atoms with Gasteiger partial charge < -0.3 is 15.0 Å². The van der Waals surface area contributed by atoms with Gasteiger partial charge in [-0.1, -0.05) is 0 Å². The molecule has 1 atom stereocenters. The Kier molecular flexibility index (Phi) is 3.59. The maximum atomic E-state index is 9.85. The quantitative estimate of drug-likeness (QED) is 0.354. The molecule has 48 valence electrons. The first kappa shape index (κ1) is 7.74. The lowest BCUT2D eigenvalue weighted by Gasteiger charge is -2.00. The first-order chi connectivity index (χ1) is 3.68. The Balaban J connectivity index is 3.32. The van der Waals surface area contributed by atoms with Gasteiger partial charge in [0, 0.05) is 0 Å². The van der Waals surface area contributed by atoms with Gasteiger partial charge in [-0.3, -0.25) is 4.79 Å². The number of carboxylic acid groups (broad SMARTS) is 1.